The normalized spacial score (nSPS) is 12.8. The first kappa shape index (κ1) is 13.7. The lowest BCUT2D eigenvalue weighted by Crippen LogP contribution is -2.30. The quantitative estimate of drug-likeness (QED) is 0.700. The zero-order valence-electron chi connectivity index (χ0n) is 10.8. The van der Waals surface area contributed by atoms with Crippen LogP contribution < -0.4 is 16.6 Å². The van der Waals surface area contributed by atoms with Crippen molar-refractivity contribution in [2.75, 3.05) is 11.9 Å². The Bertz CT molecular complexity index is 400. The average Bonchev–Trinajstić information content (AvgIpc) is 2.27. The summed E-state index contributed by atoms with van der Waals surface area (Å²) < 4.78 is 0. The van der Waals surface area contributed by atoms with Crippen LogP contribution in [0.2, 0.25) is 0 Å². The topological polar surface area (TPSA) is 83.8 Å². The fourth-order valence-corrected chi connectivity index (χ4v) is 1.63. The van der Waals surface area contributed by atoms with E-state index in [2.05, 4.69) is 22.2 Å². The Balaban J connectivity index is 2.86. The molecule has 0 saturated heterocycles. The summed E-state index contributed by atoms with van der Waals surface area (Å²) in [4.78, 5) is 18.6. The lowest BCUT2D eigenvalue weighted by molar-refractivity contribution is 0.643. The van der Waals surface area contributed by atoms with Crippen LogP contribution in [0.15, 0.2) is 10.9 Å². The molecule has 1 aromatic rings. The van der Waals surface area contributed by atoms with Gasteiger partial charge in [-0.2, -0.15) is 0 Å². The Kier molecular flexibility index (Phi) is 5.15. The molecule has 0 aromatic carbocycles. The minimum absolute atomic E-state index is 0.126. The van der Waals surface area contributed by atoms with Gasteiger partial charge in [0.25, 0.3) is 5.56 Å². The van der Waals surface area contributed by atoms with E-state index in [-0.39, 0.29) is 17.5 Å². The van der Waals surface area contributed by atoms with Gasteiger partial charge >= 0.3 is 0 Å². The summed E-state index contributed by atoms with van der Waals surface area (Å²) in [5, 5.41) is 3.21. The summed E-state index contributed by atoms with van der Waals surface area (Å²) in [6.45, 7) is 6.64. The maximum Gasteiger partial charge on any atom is 0.252 e. The molecule has 0 amide bonds. The molecule has 0 aliphatic heterocycles. The Morgan fingerprint density at radius 2 is 2.24 bits per heavy atom. The van der Waals surface area contributed by atoms with Gasteiger partial charge in [-0.15, -0.1) is 0 Å². The number of aromatic amines is 1. The van der Waals surface area contributed by atoms with Crippen molar-refractivity contribution in [1.82, 2.24) is 9.97 Å². The number of nitrogens with two attached hydrogens (primary N) is 1. The Morgan fingerprint density at radius 1 is 1.53 bits per heavy atom. The molecule has 0 radical (unpaired) electrons. The molecule has 1 heterocycles. The Labute approximate surface area is 102 Å². The number of nitrogens with zero attached hydrogens (tertiary/aromatic N) is 1. The Hall–Kier alpha value is -1.36. The summed E-state index contributed by atoms with van der Waals surface area (Å²) in [6.07, 6.45) is 2.02. The summed E-state index contributed by atoms with van der Waals surface area (Å²) in [5.41, 5.74) is 5.54. The highest BCUT2D eigenvalue weighted by atomic mass is 16.1. The van der Waals surface area contributed by atoms with Crippen molar-refractivity contribution >= 4 is 5.82 Å². The largest absolute Gasteiger partial charge is 0.366 e. The molecule has 1 unspecified atom stereocenters. The lowest BCUT2D eigenvalue weighted by atomic mass is 10.1. The van der Waals surface area contributed by atoms with E-state index in [0.717, 1.165) is 12.8 Å². The standard InChI is InChI=1S/C12H22N4O/c1-4-5-9(7-13)14-10-6-11(17)16-12(15-10)8(2)3/h6,8-9H,4-5,7,13H2,1-3H3,(H2,14,15,16,17). The molecule has 0 spiro atoms. The van der Waals surface area contributed by atoms with Gasteiger partial charge in [-0.1, -0.05) is 27.2 Å². The molecule has 0 aliphatic carbocycles. The van der Waals surface area contributed by atoms with Crippen LogP contribution in [0.1, 0.15) is 45.4 Å². The summed E-state index contributed by atoms with van der Waals surface area (Å²) in [6, 6.07) is 1.65. The third-order valence-corrected chi connectivity index (χ3v) is 2.58. The highest BCUT2D eigenvalue weighted by molar-refractivity contribution is 5.34. The van der Waals surface area contributed by atoms with E-state index in [9.17, 15) is 4.79 Å². The van der Waals surface area contributed by atoms with Crippen molar-refractivity contribution in [3.63, 3.8) is 0 Å². The van der Waals surface area contributed by atoms with E-state index in [1.165, 1.54) is 6.07 Å². The van der Waals surface area contributed by atoms with Crippen molar-refractivity contribution in [3.8, 4) is 0 Å². The van der Waals surface area contributed by atoms with Gasteiger partial charge < -0.3 is 16.0 Å². The number of H-pyrrole nitrogens is 1. The molecule has 0 fully saturated rings. The highest BCUT2D eigenvalue weighted by Gasteiger charge is 2.09. The second-order valence-electron chi connectivity index (χ2n) is 4.54. The van der Waals surface area contributed by atoms with Crippen LogP contribution in [-0.4, -0.2) is 22.6 Å². The van der Waals surface area contributed by atoms with Crippen LogP contribution in [0.3, 0.4) is 0 Å². The first-order valence-electron chi connectivity index (χ1n) is 6.14. The Morgan fingerprint density at radius 3 is 2.76 bits per heavy atom. The SMILES string of the molecule is CCCC(CN)Nc1cc(=O)[nH]c(C(C)C)n1. The smallest absolute Gasteiger partial charge is 0.252 e. The van der Waals surface area contributed by atoms with Crippen LogP contribution in [0, 0.1) is 0 Å². The van der Waals surface area contributed by atoms with E-state index in [0.29, 0.717) is 18.2 Å². The third kappa shape index (κ3) is 4.19. The van der Waals surface area contributed by atoms with Gasteiger partial charge in [0.1, 0.15) is 11.6 Å². The molecule has 1 rings (SSSR count). The molecule has 5 nitrogen and oxygen atoms in total. The fourth-order valence-electron chi connectivity index (χ4n) is 1.63. The summed E-state index contributed by atoms with van der Waals surface area (Å²) in [5.74, 6) is 1.51. The van der Waals surface area contributed by atoms with Gasteiger partial charge in [-0.3, -0.25) is 4.79 Å². The van der Waals surface area contributed by atoms with Crippen LogP contribution >= 0.6 is 0 Å². The van der Waals surface area contributed by atoms with E-state index in [4.69, 9.17) is 5.73 Å². The number of hydrogen-bond acceptors (Lipinski definition) is 4. The number of anilines is 1. The molecule has 1 atom stereocenters. The molecular weight excluding hydrogens is 216 g/mol. The number of hydrogen-bond donors (Lipinski definition) is 3. The minimum atomic E-state index is -0.126. The molecule has 0 bridgehead atoms. The molecular formula is C12H22N4O. The third-order valence-electron chi connectivity index (χ3n) is 2.58. The van der Waals surface area contributed by atoms with Crippen molar-refractivity contribution in [1.29, 1.82) is 0 Å². The minimum Gasteiger partial charge on any atom is -0.366 e. The van der Waals surface area contributed by atoms with Crippen molar-refractivity contribution in [2.24, 2.45) is 5.73 Å². The van der Waals surface area contributed by atoms with Gasteiger partial charge in [0.15, 0.2) is 0 Å². The molecule has 4 N–H and O–H groups in total. The van der Waals surface area contributed by atoms with E-state index < -0.39 is 0 Å². The first-order valence-corrected chi connectivity index (χ1v) is 6.14. The van der Waals surface area contributed by atoms with Crippen LogP contribution in [-0.2, 0) is 0 Å². The average molecular weight is 238 g/mol. The zero-order valence-corrected chi connectivity index (χ0v) is 10.8. The van der Waals surface area contributed by atoms with Crippen molar-refractivity contribution < 1.29 is 0 Å². The van der Waals surface area contributed by atoms with Crippen LogP contribution in [0.5, 0.6) is 0 Å². The fraction of sp³-hybridized carbons (Fsp3) is 0.667. The molecule has 5 heteroatoms. The summed E-state index contributed by atoms with van der Waals surface area (Å²) >= 11 is 0. The highest BCUT2D eigenvalue weighted by Crippen LogP contribution is 2.10. The molecule has 0 aliphatic rings. The van der Waals surface area contributed by atoms with Crippen molar-refractivity contribution in [2.45, 2.75) is 45.6 Å². The molecule has 1 aromatic heterocycles. The molecule has 17 heavy (non-hydrogen) atoms. The maximum absolute atomic E-state index is 11.5. The predicted molar refractivity (Wildman–Crippen MR) is 70.3 cm³/mol. The first-order chi connectivity index (χ1) is 8.06. The van der Waals surface area contributed by atoms with Gasteiger partial charge in [-0.25, -0.2) is 4.98 Å². The molecule has 0 saturated carbocycles. The second-order valence-corrected chi connectivity index (χ2v) is 4.54. The van der Waals surface area contributed by atoms with Crippen LogP contribution in [0.4, 0.5) is 5.82 Å². The van der Waals surface area contributed by atoms with E-state index in [1.807, 2.05) is 13.8 Å². The predicted octanol–water partition coefficient (Wildman–Crippen LogP) is 1.43. The second kappa shape index (κ2) is 6.39. The zero-order chi connectivity index (χ0) is 12.8. The van der Waals surface area contributed by atoms with Crippen molar-refractivity contribution in [3.05, 3.63) is 22.2 Å². The van der Waals surface area contributed by atoms with Crippen LogP contribution in [0.25, 0.3) is 0 Å². The number of rotatable bonds is 6. The monoisotopic (exact) mass is 238 g/mol. The van der Waals surface area contributed by atoms with E-state index in [1.54, 1.807) is 0 Å². The maximum atomic E-state index is 11.5. The summed E-state index contributed by atoms with van der Waals surface area (Å²) in [7, 11) is 0. The molecule has 96 valence electrons. The van der Waals surface area contributed by atoms with Gasteiger partial charge in [0.05, 0.1) is 0 Å². The van der Waals surface area contributed by atoms with Gasteiger partial charge in [-0.05, 0) is 6.42 Å². The lowest BCUT2D eigenvalue weighted by Gasteiger charge is -2.17. The van der Waals surface area contributed by atoms with E-state index >= 15 is 0 Å². The van der Waals surface area contributed by atoms with Gasteiger partial charge in [0.2, 0.25) is 0 Å². The number of aromatic nitrogens is 2. The van der Waals surface area contributed by atoms with Gasteiger partial charge in [0, 0.05) is 24.6 Å². The number of nitrogens with one attached hydrogen (secondary N) is 2.